The summed E-state index contributed by atoms with van der Waals surface area (Å²) in [5.74, 6) is 0.415. The molecule has 0 saturated carbocycles. The number of benzene rings is 2. The molecule has 0 aromatic heterocycles. The lowest BCUT2D eigenvalue weighted by Crippen LogP contribution is -2.29. The largest absolute Gasteiger partial charge is 0.493 e. The molecule has 0 fully saturated rings. The first-order chi connectivity index (χ1) is 10.6. The predicted molar refractivity (Wildman–Crippen MR) is 84.4 cm³/mol. The molecule has 1 heterocycles. The van der Waals surface area contributed by atoms with Crippen molar-refractivity contribution < 1.29 is 14.3 Å². The van der Waals surface area contributed by atoms with Crippen molar-refractivity contribution in [1.29, 1.82) is 0 Å². The van der Waals surface area contributed by atoms with Gasteiger partial charge in [0.05, 0.1) is 23.4 Å². The molecule has 0 atom stereocenters. The Morgan fingerprint density at radius 1 is 0.955 bits per heavy atom. The van der Waals surface area contributed by atoms with Crippen LogP contribution >= 0.6 is 0 Å². The summed E-state index contributed by atoms with van der Waals surface area (Å²) in [6, 6.07) is 14.0. The number of carbonyl (C=O) groups is 2. The number of rotatable bonds is 4. The first kappa shape index (κ1) is 14.3. The summed E-state index contributed by atoms with van der Waals surface area (Å²) in [4.78, 5) is 26.2. The molecule has 3 rings (SSSR count). The van der Waals surface area contributed by atoms with Crippen molar-refractivity contribution in [3.8, 4) is 5.75 Å². The maximum Gasteiger partial charge on any atom is 0.266 e. The van der Waals surface area contributed by atoms with E-state index in [-0.39, 0.29) is 11.8 Å². The molecule has 2 aromatic carbocycles. The Kier molecular flexibility index (Phi) is 3.67. The third-order valence-electron chi connectivity index (χ3n) is 3.46. The monoisotopic (exact) mass is 295 g/mol. The van der Waals surface area contributed by atoms with Crippen molar-refractivity contribution in [3.05, 3.63) is 59.7 Å². The second kappa shape index (κ2) is 5.64. The summed E-state index contributed by atoms with van der Waals surface area (Å²) >= 11 is 0. The van der Waals surface area contributed by atoms with Gasteiger partial charge in [-0.1, -0.05) is 32.0 Å². The molecule has 2 amide bonds. The molecule has 0 saturated heterocycles. The maximum absolute atomic E-state index is 12.5. The van der Waals surface area contributed by atoms with Crippen molar-refractivity contribution >= 4 is 17.5 Å². The molecular formula is C18H17NO3. The number of hydrogen-bond donors (Lipinski definition) is 0. The van der Waals surface area contributed by atoms with Crippen molar-refractivity contribution in [1.82, 2.24) is 0 Å². The van der Waals surface area contributed by atoms with Crippen LogP contribution in [0.5, 0.6) is 5.75 Å². The molecule has 0 aliphatic carbocycles. The number of imide groups is 1. The van der Waals surface area contributed by atoms with Crippen molar-refractivity contribution in [2.45, 2.75) is 13.8 Å². The maximum atomic E-state index is 12.5. The molecule has 1 aliphatic heterocycles. The van der Waals surface area contributed by atoms with Crippen molar-refractivity contribution in [2.75, 3.05) is 11.5 Å². The molecule has 22 heavy (non-hydrogen) atoms. The lowest BCUT2D eigenvalue weighted by atomic mass is 10.1. The molecule has 0 unspecified atom stereocenters. The van der Waals surface area contributed by atoms with Gasteiger partial charge in [0.25, 0.3) is 11.8 Å². The van der Waals surface area contributed by atoms with Gasteiger partial charge >= 0.3 is 0 Å². The van der Waals surface area contributed by atoms with E-state index in [0.717, 1.165) is 0 Å². The molecule has 4 nitrogen and oxygen atoms in total. The van der Waals surface area contributed by atoms with Gasteiger partial charge in [-0.3, -0.25) is 9.59 Å². The van der Waals surface area contributed by atoms with Crippen LogP contribution in [0.25, 0.3) is 0 Å². The topological polar surface area (TPSA) is 46.6 Å². The summed E-state index contributed by atoms with van der Waals surface area (Å²) in [6.07, 6.45) is 0. The summed E-state index contributed by atoms with van der Waals surface area (Å²) in [6.45, 7) is 4.68. The Labute approximate surface area is 129 Å². The van der Waals surface area contributed by atoms with E-state index in [0.29, 0.717) is 35.1 Å². The Morgan fingerprint density at radius 3 is 2.32 bits per heavy atom. The zero-order valence-corrected chi connectivity index (χ0v) is 12.6. The molecular weight excluding hydrogens is 278 g/mol. The Hall–Kier alpha value is -2.62. The van der Waals surface area contributed by atoms with Gasteiger partial charge in [0, 0.05) is 0 Å². The zero-order valence-electron chi connectivity index (χ0n) is 12.6. The van der Waals surface area contributed by atoms with Crippen LogP contribution in [-0.2, 0) is 0 Å². The molecule has 112 valence electrons. The van der Waals surface area contributed by atoms with Crippen LogP contribution in [0.4, 0.5) is 5.69 Å². The van der Waals surface area contributed by atoms with Crippen LogP contribution in [-0.4, -0.2) is 18.4 Å². The normalized spacial score (nSPS) is 13.7. The fourth-order valence-electron chi connectivity index (χ4n) is 2.38. The van der Waals surface area contributed by atoms with Crippen LogP contribution in [0.3, 0.4) is 0 Å². The van der Waals surface area contributed by atoms with Gasteiger partial charge in [0.2, 0.25) is 0 Å². The minimum absolute atomic E-state index is 0.290. The van der Waals surface area contributed by atoms with E-state index >= 15 is 0 Å². The number of amides is 2. The lowest BCUT2D eigenvalue weighted by molar-refractivity contribution is 0.0926. The third-order valence-corrected chi connectivity index (χ3v) is 3.46. The van der Waals surface area contributed by atoms with E-state index in [9.17, 15) is 9.59 Å². The van der Waals surface area contributed by atoms with E-state index in [1.165, 1.54) is 4.90 Å². The second-order valence-corrected chi connectivity index (χ2v) is 5.69. The van der Waals surface area contributed by atoms with Crippen LogP contribution in [0.15, 0.2) is 48.5 Å². The number of hydrogen-bond acceptors (Lipinski definition) is 3. The standard InChI is InChI=1S/C18H17NO3/c1-12(2)11-22-14-8-9-15-16(10-14)18(21)19(17(15)20)13-6-4-3-5-7-13/h3-10,12H,11H2,1-2H3. The van der Waals surface area contributed by atoms with E-state index in [4.69, 9.17) is 4.74 Å². The van der Waals surface area contributed by atoms with E-state index in [1.54, 1.807) is 42.5 Å². The number of nitrogens with zero attached hydrogens (tertiary/aromatic N) is 1. The van der Waals surface area contributed by atoms with Gasteiger partial charge in [0.1, 0.15) is 5.75 Å². The van der Waals surface area contributed by atoms with Gasteiger partial charge < -0.3 is 4.74 Å². The number of para-hydroxylation sites is 1. The molecule has 0 spiro atoms. The minimum Gasteiger partial charge on any atom is -0.493 e. The average molecular weight is 295 g/mol. The molecule has 0 radical (unpaired) electrons. The molecule has 1 aliphatic rings. The summed E-state index contributed by atoms with van der Waals surface area (Å²) in [5.41, 5.74) is 1.40. The van der Waals surface area contributed by atoms with Gasteiger partial charge in [-0.2, -0.15) is 0 Å². The SMILES string of the molecule is CC(C)COc1ccc2c(c1)C(=O)N(c1ccccc1)C2=O. The van der Waals surface area contributed by atoms with Crippen molar-refractivity contribution in [3.63, 3.8) is 0 Å². The van der Waals surface area contributed by atoms with Gasteiger partial charge in [-0.05, 0) is 36.2 Å². The van der Waals surface area contributed by atoms with E-state index in [2.05, 4.69) is 13.8 Å². The number of fused-ring (bicyclic) bond motifs is 1. The number of ether oxygens (including phenoxy) is 1. The van der Waals surface area contributed by atoms with Gasteiger partial charge in [-0.15, -0.1) is 0 Å². The molecule has 2 aromatic rings. The second-order valence-electron chi connectivity index (χ2n) is 5.69. The zero-order chi connectivity index (χ0) is 15.7. The van der Waals surface area contributed by atoms with Crippen LogP contribution in [0.1, 0.15) is 34.6 Å². The summed E-state index contributed by atoms with van der Waals surface area (Å²) < 4.78 is 5.64. The fraction of sp³-hybridized carbons (Fsp3) is 0.222. The first-order valence-electron chi connectivity index (χ1n) is 7.28. The summed E-state index contributed by atoms with van der Waals surface area (Å²) in [7, 11) is 0. The molecule has 0 bridgehead atoms. The quantitative estimate of drug-likeness (QED) is 0.811. The number of carbonyl (C=O) groups excluding carboxylic acids is 2. The van der Waals surface area contributed by atoms with Gasteiger partial charge in [0.15, 0.2) is 0 Å². The minimum atomic E-state index is -0.304. The highest BCUT2D eigenvalue weighted by Crippen LogP contribution is 2.30. The Morgan fingerprint density at radius 2 is 1.64 bits per heavy atom. The molecule has 0 N–H and O–H groups in total. The van der Waals surface area contributed by atoms with Gasteiger partial charge in [-0.25, -0.2) is 4.90 Å². The first-order valence-corrected chi connectivity index (χ1v) is 7.28. The Bertz CT molecular complexity index is 722. The third kappa shape index (κ3) is 2.48. The highest BCUT2D eigenvalue weighted by atomic mass is 16.5. The van der Waals surface area contributed by atoms with Crippen LogP contribution < -0.4 is 9.64 Å². The van der Waals surface area contributed by atoms with E-state index in [1.807, 2.05) is 6.07 Å². The average Bonchev–Trinajstić information content (AvgIpc) is 2.77. The Balaban J connectivity index is 1.92. The predicted octanol–water partition coefficient (Wildman–Crippen LogP) is 3.52. The lowest BCUT2D eigenvalue weighted by Gasteiger charge is -2.13. The highest BCUT2D eigenvalue weighted by Gasteiger charge is 2.36. The van der Waals surface area contributed by atoms with Crippen LogP contribution in [0, 0.1) is 5.92 Å². The molecule has 4 heteroatoms. The van der Waals surface area contributed by atoms with E-state index < -0.39 is 0 Å². The fourth-order valence-corrected chi connectivity index (χ4v) is 2.38. The smallest absolute Gasteiger partial charge is 0.266 e. The van der Waals surface area contributed by atoms with Crippen molar-refractivity contribution in [2.24, 2.45) is 5.92 Å². The highest BCUT2D eigenvalue weighted by molar-refractivity contribution is 6.34. The number of anilines is 1. The van der Waals surface area contributed by atoms with Crippen LogP contribution in [0.2, 0.25) is 0 Å². The summed E-state index contributed by atoms with van der Waals surface area (Å²) in [5, 5.41) is 0.